The molecule has 102 valence electrons. The predicted octanol–water partition coefficient (Wildman–Crippen LogP) is 2.78. The van der Waals surface area contributed by atoms with E-state index in [9.17, 15) is 4.79 Å². The molecule has 3 aromatic rings. The quantitative estimate of drug-likeness (QED) is 0.760. The first-order valence-corrected chi connectivity index (χ1v) is 6.96. The van der Waals surface area contributed by atoms with Gasteiger partial charge in [0.1, 0.15) is 4.88 Å². The lowest BCUT2D eigenvalue weighted by molar-refractivity contribution is 0.103. The van der Waals surface area contributed by atoms with Gasteiger partial charge in [-0.3, -0.25) is 9.48 Å². The number of nitrogens with one attached hydrogen (secondary N) is 1. The molecule has 0 atom stereocenters. The molecule has 0 fully saturated rings. The van der Waals surface area contributed by atoms with Gasteiger partial charge in [-0.1, -0.05) is 18.2 Å². The van der Waals surface area contributed by atoms with Gasteiger partial charge in [0, 0.05) is 23.3 Å². The summed E-state index contributed by atoms with van der Waals surface area (Å²) in [6, 6.07) is 7.74. The number of rotatable bonds is 2. The molecule has 1 amide bonds. The molecule has 0 aliphatic rings. The van der Waals surface area contributed by atoms with E-state index in [-0.39, 0.29) is 5.91 Å². The number of amides is 1. The highest BCUT2D eigenvalue weighted by Crippen LogP contribution is 2.33. The second kappa shape index (κ2) is 4.64. The van der Waals surface area contributed by atoms with Crippen LogP contribution < -0.4 is 11.1 Å². The Balaban J connectivity index is 1.96. The molecular weight excluding hydrogens is 272 g/mol. The summed E-state index contributed by atoms with van der Waals surface area (Å²) in [4.78, 5) is 12.9. The van der Waals surface area contributed by atoms with Crippen LogP contribution in [0.1, 0.15) is 15.4 Å². The molecule has 0 saturated heterocycles. The van der Waals surface area contributed by atoms with Crippen LogP contribution in [0, 0.1) is 6.92 Å². The van der Waals surface area contributed by atoms with Crippen LogP contribution >= 0.6 is 11.3 Å². The minimum absolute atomic E-state index is 0.195. The van der Waals surface area contributed by atoms with E-state index in [2.05, 4.69) is 10.4 Å². The van der Waals surface area contributed by atoms with E-state index >= 15 is 0 Å². The van der Waals surface area contributed by atoms with Crippen molar-refractivity contribution in [3.63, 3.8) is 0 Å². The molecule has 0 aliphatic carbocycles. The van der Waals surface area contributed by atoms with Gasteiger partial charge in [-0.25, -0.2) is 0 Å². The zero-order valence-corrected chi connectivity index (χ0v) is 12.0. The second-order valence-corrected chi connectivity index (χ2v) is 5.65. The molecule has 1 aromatic carbocycles. The van der Waals surface area contributed by atoms with Crippen LogP contribution in [0.25, 0.3) is 10.1 Å². The van der Waals surface area contributed by atoms with Crippen LogP contribution in [0.3, 0.4) is 0 Å². The summed E-state index contributed by atoms with van der Waals surface area (Å²) in [6.45, 7) is 1.85. The molecule has 3 N–H and O–H groups in total. The third-order valence-electron chi connectivity index (χ3n) is 3.10. The maximum Gasteiger partial charge on any atom is 0.267 e. The van der Waals surface area contributed by atoms with Crippen LogP contribution in [0.2, 0.25) is 0 Å². The molecule has 5 nitrogen and oxygen atoms in total. The smallest absolute Gasteiger partial charge is 0.267 e. The normalized spacial score (nSPS) is 10.9. The highest BCUT2D eigenvalue weighted by atomic mass is 32.1. The Morgan fingerprint density at radius 3 is 2.80 bits per heavy atom. The third-order valence-corrected chi connectivity index (χ3v) is 4.29. The fourth-order valence-electron chi connectivity index (χ4n) is 2.14. The lowest BCUT2D eigenvalue weighted by Gasteiger charge is -2.02. The van der Waals surface area contributed by atoms with E-state index in [0.717, 1.165) is 15.8 Å². The van der Waals surface area contributed by atoms with Gasteiger partial charge >= 0.3 is 0 Å². The number of nitrogens with two attached hydrogens (primary N) is 1. The van der Waals surface area contributed by atoms with Crippen molar-refractivity contribution < 1.29 is 4.79 Å². The fourth-order valence-corrected chi connectivity index (χ4v) is 3.15. The number of anilines is 2. The number of carbonyl (C=O) groups is 1. The van der Waals surface area contributed by atoms with Gasteiger partial charge in [0.15, 0.2) is 0 Å². The van der Waals surface area contributed by atoms with Gasteiger partial charge in [-0.05, 0) is 13.0 Å². The number of nitrogens with zero attached hydrogens (tertiary/aromatic N) is 2. The summed E-state index contributed by atoms with van der Waals surface area (Å²) in [5.41, 5.74) is 8.08. The van der Waals surface area contributed by atoms with Gasteiger partial charge in [0.2, 0.25) is 0 Å². The number of benzene rings is 1. The SMILES string of the molecule is Cc1nn(C)cc1NC(=O)c1sc2ccccc2c1N. The van der Waals surface area contributed by atoms with Gasteiger partial charge in [0.05, 0.1) is 17.1 Å². The van der Waals surface area contributed by atoms with Crippen molar-refractivity contribution in [1.29, 1.82) is 0 Å². The number of aromatic nitrogens is 2. The van der Waals surface area contributed by atoms with Gasteiger partial charge in [-0.2, -0.15) is 5.10 Å². The number of hydrogen-bond donors (Lipinski definition) is 2. The maximum absolute atomic E-state index is 12.3. The van der Waals surface area contributed by atoms with Crippen molar-refractivity contribution in [2.75, 3.05) is 11.1 Å². The van der Waals surface area contributed by atoms with Crippen molar-refractivity contribution in [1.82, 2.24) is 9.78 Å². The number of thiophene rings is 1. The average molecular weight is 286 g/mol. The van der Waals surface area contributed by atoms with Gasteiger partial charge in [-0.15, -0.1) is 11.3 Å². The van der Waals surface area contributed by atoms with Crippen LogP contribution in [0.5, 0.6) is 0 Å². The molecule has 6 heteroatoms. The molecule has 2 aromatic heterocycles. The molecule has 0 radical (unpaired) electrons. The molecule has 0 bridgehead atoms. The monoisotopic (exact) mass is 286 g/mol. The van der Waals surface area contributed by atoms with Crippen molar-refractivity contribution in [2.24, 2.45) is 7.05 Å². The zero-order chi connectivity index (χ0) is 14.3. The Hall–Kier alpha value is -2.34. The Bertz CT molecular complexity index is 803. The molecule has 0 saturated carbocycles. The highest BCUT2D eigenvalue weighted by molar-refractivity contribution is 7.21. The molecule has 3 rings (SSSR count). The first-order valence-electron chi connectivity index (χ1n) is 6.15. The van der Waals surface area contributed by atoms with Crippen LogP contribution in [-0.4, -0.2) is 15.7 Å². The number of carbonyl (C=O) groups excluding carboxylic acids is 1. The Morgan fingerprint density at radius 2 is 2.15 bits per heavy atom. The van der Waals surface area contributed by atoms with Gasteiger partial charge < -0.3 is 11.1 Å². The van der Waals surface area contributed by atoms with E-state index in [1.807, 2.05) is 38.2 Å². The Kier molecular flexibility index (Phi) is 2.94. The lowest BCUT2D eigenvalue weighted by atomic mass is 10.2. The Labute approximate surface area is 120 Å². The van der Waals surface area contributed by atoms with Crippen molar-refractivity contribution >= 4 is 38.7 Å². The fraction of sp³-hybridized carbons (Fsp3) is 0.143. The predicted molar refractivity (Wildman–Crippen MR) is 82.1 cm³/mol. The minimum atomic E-state index is -0.195. The first kappa shape index (κ1) is 12.7. The maximum atomic E-state index is 12.3. The summed E-state index contributed by atoms with van der Waals surface area (Å²) in [7, 11) is 1.82. The van der Waals surface area contributed by atoms with Crippen molar-refractivity contribution in [2.45, 2.75) is 6.92 Å². The number of fused-ring (bicyclic) bond motifs is 1. The number of aryl methyl sites for hydroxylation is 2. The number of hydrogen-bond acceptors (Lipinski definition) is 4. The zero-order valence-electron chi connectivity index (χ0n) is 11.2. The summed E-state index contributed by atoms with van der Waals surface area (Å²) in [6.07, 6.45) is 1.77. The molecular formula is C14H14N4OS. The van der Waals surface area contributed by atoms with E-state index in [1.165, 1.54) is 11.3 Å². The van der Waals surface area contributed by atoms with E-state index in [0.29, 0.717) is 16.3 Å². The molecule has 0 spiro atoms. The largest absolute Gasteiger partial charge is 0.397 e. The second-order valence-electron chi connectivity index (χ2n) is 4.60. The summed E-state index contributed by atoms with van der Waals surface area (Å²) < 4.78 is 2.68. The van der Waals surface area contributed by atoms with Crippen molar-refractivity contribution in [3.8, 4) is 0 Å². The van der Waals surface area contributed by atoms with Crippen molar-refractivity contribution in [3.05, 3.63) is 41.0 Å². The summed E-state index contributed by atoms with van der Waals surface area (Å²) in [5.74, 6) is -0.195. The standard InChI is InChI=1S/C14H14N4OS/c1-8-10(7-18(2)17-8)16-14(19)13-12(15)9-5-3-4-6-11(9)20-13/h3-7H,15H2,1-2H3,(H,16,19). The lowest BCUT2D eigenvalue weighted by Crippen LogP contribution is -2.12. The molecule has 0 aliphatic heterocycles. The first-order chi connectivity index (χ1) is 9.56. The third kappa shape index (κ3) is 2.04. The highest BCUT2D eigenvalue weighted by Gasteiger charge is 2.17. The van der Waals surface area contributed by atoms with Gasteiger partial charge in [0.25, 0.3) is 5.91 Å². The number of nitrogen functional groups attached to an aromatic ring is 1. The van der Waals surface area contributed by atoms with Crippen LogP contribution in [-0.2, 0) is 7.05 Å². The molecule has 2 heterocycles. The Morgan fingerprint density at radius 1 is 1.40 bits per heavy atom. The topological polar surface area (TPSA) is 72.9 Å². The van der Waals surface area contributed by atoms with E-state index in [4.69, 9.17) is 5.73 Å². The molecule has 20 heavy (non-hydrogen) atoms. The van der Waals surface area contributed by atoms with E-state index < -0.39 is 0 Å². The minimum Gasteiger partial charge on any atom is -0.397 e. The summed E-state index contributed by atoms with van der Waals surface area (Å²) >= 11 is 1.40. The van der Waals surface area contributed by atoms with Crippen LogP contribution in [0.15, 0.2) is 30.5 Å². The van der Waals surface area contributed by atoms with Crippen LogP contribution in [0.4, 0.5) is 11.4 Å². The molecule has 0 unspecified atom stereocenters. The summed E-state index contributed by atoms with van der Waals surface area (Å²) in [5, 5.41) is 7.98. The van der Waals surface area contributed by atoms with E-state index in [1.54, 1.807) is 10.9 Å². The average Bonchev–Trinajstić information content (AvgIpc) is 2.91.